The van der Waals surface area contributed by atoms with Crippen LogP contribution in [-0.4, -0.2) is 30.4 Å². The van der Waals surface area contributed by atoms with Gasteiger partial charge < -0.3 is 10.6 Å². The van der Waals surface area contributed by atoms with Gasteiger partial charge in [0.15, 0.2) is 0 Å². The molecule has 3 heteroatoms. The molecule has 108 valence electrons. The summed E-state index contributed by atoms with van der Waals surface area (Å²) in [5.41, 5.74) is 5.48. The van der Waals surface area contributed by atoms with E-state index in [4.69, 9.17) is 5.73 Å². The third-order valence-corrected chi connectivity index (χ3v) is 3.02. The van der Waals surface area contributed by atoms with Gasteiger partial charge in [0.05, 0.1) is 0 Å². The van der Waals surface area contributed by atoms with Gasteiger partial charge in [0.1, 0.15) is 0 Å². The molecule has 0 spiro atoms. The lowest BCUT2D eigenvalue weighted by atomic mass is 9.75. The van der Waals surface area contributed by atoms with Gasteiger partial charge in [0.25, 0.3) is 0 Å². The maximum atomic E-state index is 12.6. The summed E-state index contributed by atoms with van der Waals surface area (Å²) in [5.74, 6) is 0.247. The number of amides is 1. The SMILES string of the molecule is CCCCN(CCN)C(=O)C(C)(C)CC(C)(C)C. The van der Waals surface area contributed by atoms with Gasteiger partial charge in [-0.2, -0.15) is 0 Å². The summed E-state index contributed by atoms with van der Waals surface area (Å²) in [6, 6.07) is 0. The number of hydrogen-bond acceptors (Lipinski definition) is 2. The molecule has 0 aliphatic rings. The lowest BCUT2D eigenvalue weighted by molar-refractivity contribution is -0.142. The van der Waals surface area contributed by atoms with Gasteiger partial charge in [-0.1, -0.05) is 48.0 Å². The van der Waals surface area contributed by atoms with Crippen molar-refractivity contribution in [2.75, 3.05) is 19.6 Å². The first-order chi connectivity index (χ1) is 8.14. The predicted molar refractivity (Wildman–Crippen MR) is 78.4 cm³/mol. The van der Waals surface area contributed by atoms with Crippen LogP contribution in [0.15, 0.2) is 0 Å². The molecule has 0 saturated carbocycles. The average Bonchev–Trinajstić information content (AvgIpc) is 2.19. The van der Waals surface area contributed by atoms with E-state index in [2.05, 4.69) is 41.5 Å². The second-order valence-electron chi connectivity index (χ2n) is 7.06. The molecular formula is C15H32N2O. The first kappa shape index (κ1) is 17.4. The first-order valence-corrected chi connectivity index (χ1v) is 7.13. The van der Waals surface area contributed by atoms with E-state index < -0.39 is 0 Å². The predicted octanol–water partition coefficient (Wildman–Crippen LogP) is 3.04. The minimum atomic E-state index is -0.304. The molecule has 0 aliphatic carbocycles. The number of hydrogen-bond donors (Lipinski definition) is 1. The number of nitrogens with zero attached hydrogens (tertiary/aromatic N) is 1. The van der Waals surface area contributed by atoms with Gasteiger partial charge in [-0.05, 0) is 18.3 Å². The fraction of sp³-hybridized carbons (Fsp3) is 0.933. The van der Waals surface area contributed by atoms with E-state index in [9.17, 15) is 4.79 Å². The van der Waals surface area contributed by atoms with Gasteiger partial charge in [-0.3, -0.25) is 4.79 Å². The van der Waals surface area contributed by atoms with Gasteiger partial charge >= 0.3 is 0 Å². The number of nitrogens with two attached hydrogens (primary N) is 1. The Hall–Kier alpha value is -0.570. The largest absolute Gasteiger partial charge is 0.341 e. The average molecular weight is 256 g/mol. The third-order valence-electron chi connectivity index (χ3n) is 3.02. The van der Waals surface area contributed by atoms with Crippen LogP contribution in [0.4, 0.5) is 0 Å². The number of carbonyl (C=O) groups is 1. The minimum Gasteiger partial charge on any atom is -0.341 e. The zero-order valence-corrected chi connectivity index (χ0v) is 13.2. The lowest BCUT2D eigenvalue weighted by Gasteiger charge is -2.36. The van der Waals surface area contributed by atoms with E-state index in [1.807, 2.05) is 4.90 Å². The van der Waals surface area contributed by atoms with Crippen molar-refractivity contribution in [2.24, 2.45) is 16.6 Å². The molecule has 0 aromatic carbocycles. The molecule has 0 rings (SSSR count). The van der Waals surface area contributed by atoms with Crippen molar-refractivity contribution in [1.82, 2.24) is 4.90 Å². The molecule has 0 atom stereocenters. The van der Waals surface area contributed by atoms with Crippen molar-refractivity contribution in [3.63, 3.8) is 0 Å². The molecule has 0 saturated heterocycles. The van der Waals surface area contributed by atoms with E-state index >= 15 is 0 Å². The Bertz CT molecular complexity index is 254. The fourth-order valence-corrected chi connectivity index (χ4v) is 2.65. The van der Waals surface area contributed by atoms with Crippen LogP contribution in [0.3, 0.4) is 0 Å². The number of unbranched alkanes of at least 4 members (excludes halogenated alkanes) is 1. The molecule has 0 aromatic rings. The Balaban J connectivity index is 4.71. The standard InChI is InChI=1S/C15H32N2O/c1-7-8-10-17(11-9-16)13(18)15(5,6)12-14(2,3)4/h7-12,16H2,1-6H3. The normalized spacial score (nSPS) is 12.6. The first-order valence-electron chi connectivity index (χ1n) is 7.13. The van der Waals surface area contributed by atoms with Crippen molar-refractivity contribution >= 4 is 5.91 Å². The molecular weight excluding hydrogens is 224 g/mol. The van der Waals surface area contributed by atoms with Crippen LogP contribution in [0.1, 0.15) is 60.8 Å². The van der Waals surface area contributed by atoms with Crippen LogP contribution in [0.2, 0.25) is 0 Å². The van der Waals surface area contributed by atoms with Crippen molar-refractivity contribution in [1.29, 1.82) is 0 Å². The molecule has 0 fully saturated rings. The Labute approximate surface area is 113 Å². The van der Waals surface area contributed by atoms with Crippen LogP contribution in [0.5, 0.6) is 0 Å². The van der Waals surface area contributed by atoms with Gasteiger partial charge in [-0.15, -0.1) is 0 Å². The molecule has 0 aliphatic heterocycles. The van der Waals surface area contributed by atoms with E-state index in [-0.39, 0.29) is 16.7 Å². The highest BCUT2D eigenvalue weighted by molar-refractivity contribution is 5.82. The Kier molecular flexibility index (Phi) is 6.90. The van der Waals surface area contributed by atoms with Gasteiger partial charge in [0.2, 0.25) is 5.91 Å². The molecule has 0 aromatic heterocycles. The van der Waals surface area contributed by atoms with Crippen LogP contribution < -0.4 is 5.73 Å². The smallest absolute Gasteiger partial charge is 0.228 e. The fourth-order valence-electron chi connectivity index (χ4n) is 2.65. The Morgan fingerprint density at radius 1 is 1.11 bits per heavy atom. The molecule has 1 amide bonds. The van der Waals surface area contributed by atoms with E-state index in [1.54, 1.807) is 0 Å². The molecule has 18 heavy (non-hydrogen) atoms. The Morgan fingerprint density at radius 2 is 1.67 bits per heavy atom. The van der Waals surface area contributed by atoms with Gasteiger partial charge in [-0.25, -0.2) is 0 Å². The molecule has 0 radical (unpaired) electrons. The van der Waals surface area contributed by atoms with Crippen molar-refractivity contribution in [2.45, 2.75) is 60.8 Å². The summed E-state index contributed by atoms with van der Waals surface area (Å²) >= 11 is 0. The van der Waals surface area contributed by atoms with Crippen LogP contribution >= 0.6 is 0 Å². The van der Waals surface area contributed by atoms with E-state index in [0.29, 0.717) is 13.1 Å². The zero-order valence-electron chi connectivity index (χ0n) is 13.2. The minimum absolute atomic E-state index is 0.165. The highest BCUT2D eigenvalue weighted by Gasteiger charge is 2.35. The third kappa shape index (κ3) is 6.39. The molecule has 2 N–H and O–H groups in total. The van der Waals surface area contributed by atoms with E-state index in [1.165, 1.54) is 0 Å². The summed E-state index contributed by atoms with van der Waals surface area (Å²) in [7, 11) is 0. The molecule has 0 bridgehead atoms. The van der Waals surface area contributed by atoms with Crippen LogP contribution in [0.25, 0.3) is 0 Å². The maximum absolute atomic E-state index is 12.6. The summed E-state index contributed by atoms with van der Waals surface area (Å²) in [4.78, 5) is 14.5. The van der Waals surface area contributed by atoms with Crippen molar-refractivity contribution < 1.29 is 4.79 Å². The topological polar surface area (TPSA) is 46.3 Å². The molecule has 0 heterocycles. The molecule has 0 unspecified atom stereocenters. The van der Waals surface area contributed by atoms with Crippen molar-refractivity contribution in [3.05, 3.63) is 0 Å². The lowest BCUT2D eigenvalue weighted by Crippen LogP contribution is -2.45. The highest BCUT2D eigenvalue weighted by Crippen LogP contribution is 2.34. The second kappa shape index (κ2) is 7.13. The maximum Gasteiger partial charge on any atom is 0.228 e. The van der Waals surface area contributed by atoms with Gasteiger partial charge in [0, 0.05) is 25.0 Å². The number of carbonyl (C=O) groups excluding carboxylic acids is 1. The van der Waals surface area contributed by atoms with Crippen LogP contribution in [0, 0.1) is 10.8 Å². The monoisotopic (exact) mass is 256 g/mol. The molecule has 3 nitrogen and oxygen atoms in total. The van der Waals surface area contributed by atoms with Crippen molar-refractivity contribution in [3.8, 4) is 0 Å². The number of rotatable bonds is 7. The zero-order chi connectivity index (χ0) is 14.4. The summed E-state index contributed by atoms with van der Waals surface area (Å²) in [6.45, 7) is 14.8. The summed E-state index contributed by atoms with van der Waals surface area (Å²) in [5, 5.41) is 0. The quantitative estimate of drug-likeness (QED) is 0.761. The summed E-state index contributed by atoms with van der Waals surface area (Å²) in [6.07, 6.45) is 3.05. The van der Waals surface area contributed by atoms with Crippen LogP contribution in [-0.2, 0) is 4.79 Å². The highest BCUT2D eigenvalue weighted by atomic mass is 16.2. The summed E-state index contributed by atoms with van der Waals surface area (Å²) < 4.78 is 0. The van der Waals surface area contributed by atoms with E-state index in [0.717, 1.165) is 25.8 Å². The second-order valence-corrected chi connectivity index (χ2v) is 7.06. The Morgan fingerprint density at radius 3 is 2.06 bits per heavy atom.